The van der Waals surface area contributed by atoms with Gasteiger partial charge >= 0.3 is 0 Å². The fourth-order valence-corrected chi connectivity index (χ4v) is 4.36. The molecule has 1 unspecified atom stereocenters. The van der Waals surface area contributed by atoms with Gasteiger partial charge in [0, 0.05) is 29.7 Å². The van der Waals surface area contributed by atoms with Gasteiger partial charge in [-0.25, -0.2) is 0 Å². The van der Waals surface area contributed by atoms with Gasteiger partial charge in [-0.15, -0.1) is 0 Å². The summed E-state index contributed by atoms with van der Waals surface area (Å²) >= 11 is 5.96. The zero-order valence-electron chi connectivity index (χ0n) is 17.2. The lowest BCUT2D eigenvalue weighted by Crippen LogP contribution is -2.41. The lowest BCUT2D eigenvalue weighted by Gasteiger charge is -2.33. The third kappa shape index (κ3) is 4.56. The second kappa shape index (κ2) is 9.42. The molecule has 1 aromatic heterocycles. The largest absolute Gasteiger partial charge is 0.495 e. The van der Waals surface area contributed by atoms with Crippen molar-refractivity contribution in [2.24, 2.45) is 0 Å². The number of para-hydroxylation sites is 1. The first-order chi connectivity index (χ1) is 14.7. The van der Waals surface area contributed by atoms with Gasteiger partial charge in [0.05, 0.1) is 18.2 Å². The van der Waals surface area contributed by atoms with Crippen molar-refractivity contribution in [2.75, 3.05) is 26.7 Å². The summed E-state index contributed by atoms with van der Waals surface area (Å²) < 4.78 is 13.8. The Morgan fingerprint density at radius 3 is 2.77 bits per heavy atom. The third-order valence-electron chi connectivity index (χ3n) is 5.65. The lowest BCUT2D eigenvalue weighted by molar-refractivity contribution is 0.0872. The summed E-state index contributed by atoms with van der Waals surface area (Å²) in [5.41, 5.74) is 1.69. The number of benzene rings is 2. The predicted octanol–water partition coefficient (Wildman–Crippen LogP) is 5.11. The highest BCUT2D eigenvalue weighted by Crippen LogP contribution is 2.30. The smallest absolute Gasteiger partial charge is 0.143 e. The number of likely N-dealkylation sites (tertiary alicyclic amines) is 1. The molecule has 2 aromatic carbocycles. The lowest BCUT2D eigenvalue weighted by atomic mass is 10.1. The van der Waals surface area contributed by atoms with Crippen LogP contribution in [0.4, 0.5) is 0 Å². The van der Waals surface area contributed by atoms with Crippen LogP contribution in [0.1, 0.15) is 24.8 Å². The molecule has 0 N–H and O–H groups in total. The zero-order chi connectivity index (χ0) is 20.9. The molecule has 1 aliphatic heterocycles. The average Bonchev–Trinajstić information content (AvgIpc) is 3.14. The Hall–Kier alpha value is -2.68. The maximum atomic E-state index is 9.47. The van der Waals surface area contributed by atoms with Crippen LogP contribution in [-0.4, -0.2) is 42.3 Å². The minimum absolute atomic E-state index is 0.206. The second-order valence-electron chi connectivity index (χ2n) is 7.69. The first-order valence-corrected chi connectivity index (χ1v) is 10.8. The Bertz CT molecular complexity index is 1040. The summed E-state index contributed by atoms with van der Waals surface area (Å²) in [5, 5.41) is 11.1. The summed E-state index contributed by atoms with van der Waals surface area (Å²) in [5.74, 6) is 1.68. The minimum atomic E-state index is 0.206. The Labute approximate surface area is 182 Å². The molecular formula is C24H26ClN3O2. The number of nitriles is 1. The number of nitrogens with zero attached hydrogens (tertiary/aromatic N) is 3. The van der Waals surface area contributed by atoms with Crippen molar-refractivity contribution in [1.29, 1.82) is 5.26 Å². The van der Waals surface area contributed by atoms with Crippen LogP contribution < -0.4 is 9.47 Å². The van der Waals surface area contributed by atoms with Gasteiger partial charge in [-0.2, -0.15) is 5.26 Å². The number of piperidine rings is 1. The van der Waals surface area contributed by atoms with Gasteiger partial charge in [-0.05, 0) is 62.7 Å². The van der Waals surface area contributed by atoms with Crippen molar-refractivity contribution < 1.29 is 9.47 Å². The van der Waals surface area contributed by atoms with E-state index in [4.69, 9.17) is 21.1 Å². The second-order valence-corrected chi connectivity index (χ2v) is 8.13. The number of aryl methyl sites for hydroxylation is 1. The van der Waals surface area contributed by atoms with Gasteiger partial charge in [0.2, 0.25) is 0 Å². The molecular weight excluding hydrogens is 398 g/mol. The van der Waals surface area contributed by atoms with Crippen LogP contribution in [0.5, 0.6) is 11.5 Å². The van der Waals surface area contributed by atoms with E-state index in [2.05, 4.69) is 15.5 Å². The number of methoxy groups -OCH3 is 1. The van der Waals surface area contributed by atoms with Gasteiger partial charge in [0.25, 0.3) is 0 Å². The van der Waals surface area contributed by atoms with E-state index in [1.54, 1.807) is 7.11 Å². The standard InChI is InChI=1S/C24H26ClN3O2/c1-29-23-7-2-6-22-18(15-26)16-28(24(22)23)14-4-13-27-12-3-5-21(17-27)30-20-10-8-19(25)9-11-20/h2,6-11,16,21H,3-5,12-14,17H2,1H3. The molecule has 0 spiro atoms. The fraction of sp³-hybridized carbons (Fsp3) is 0.375. The minimum Gasteiger partial charge on any atom is -0.495 e. The quantitative estimate of drug-likeness (QED) is 0.530. The molecule has 30 heavy (non-hydrogen) atoms. The number of ether oxygens (including phenoxy) is 2. The van der Waals surface area contributed by atoms with E-state index >= 15 is 0 Å². The zero-order valence-corrected chi connectivity index (χ0v) is 17.9. The molecule has 2 heterocycles. The summed E-state index contributed by atoms with van der Waals surface area (Å²) in [6, 6.07) is 15.7. The van der Waals surface area contributed by atoms with Gasteiger partial charge in [-0.1, -0.05) is 23.7 Å². The number of fused-ring (bicyclic) bond motifs is 1. The maximum Gasteiger partial charge on any atom is 0.143 e. The molecule has 1 saturated heterocycles. The molecule has 6 heteroatoms. The highest BCUT2D eigenvalue weighted by molar-refractivity contribution is 6.30. The molecule has 5 nitrogen and oxygen atoms in total. The van der Waals surface area contributed by atoms with E-state index in [1.807, 2.05) is 48.7 Å². The highest BCUT2D eigenvalue weighted by atomic mass is 35.5. The Kier molecular flexibility index (Phi) is 6.47. The van der Waals surface area contributed by atoms with Crippen molar-refractivity contribution in [3.05, 3.63) is 59.2 Å². The fourth-order valence-electron chi connectivity index (χ4n) is 4.24. The molecule has 0 amide bonds. The van der Waals surface area contributed by atoms with Crippen LogP contribution in [0, 0.1) is 11.3 Å². The first-order valence-electron chi connectivity index (χ1n) is 10.4. The number of hydrogen-bond acceptors (Lipinski definition) is 4. The monoisotopic (exact) mass is 423 g/mol. The van der Waals surface area contributed by atoms with E-state index in [0.717, 1.165) is 72.9 Å². The first kappa shape index (κ1) is 20.6. The van der Waals surface area contributed by atoms with Crippen LogP contribution in [0.3, 0.4) is 0 Å². The average molecular weight is 424 g/mol. The predicted molar refractivity (Wildman–Crippen MR) is 119 cm³/mol. The normalized spacial score (nSPS) is 17.0. The number of aromatic nitrogens is 1. The van der Waals surface area contributed by atoms with E-state index in [1.165, 1.54) is 0 Å². The molecule has 0 radical (unpaired) electrons. The van der Waals surface area contributed by atoms with Crippen molar-refractivity contribution >= 4 is 22.5 Å². The summed E-state index contributed by atoms with van der Waals surface area (Å²) in [6.07, 6.45) is 5.36. The van der Waals surface area contributed by atoms with E-state index in [-0.39, 0.29) is 6.10 Å². The molecule has 1 aliphatic rings. The van der Waals surface area contributed by atoms with Crippen molar-refractivity contribution in [1.82, 2.24) is 9.47 Å². The maximum absolute atomic E-state index is 9.47. The van der Waals surface area contributed by atoms with E-state index < -0.39 is 0 Å². The van der Waals surface area contributed by atoms with Crippen LogP contribution >= 0.6 is 11.6 Å². The van der Waals surface area contributed by atoms with Crippen LogP contribution in [0.25, 0.3) is 10.9 Å². The van der Waals surface area contributed by atoms with Crippen molar-refractivity contribution in [3.63, 3.8) is 0 Å². The molecule has 156 valence electrons. The third-order valence-corrected chi connectivity index (χ3v) is 5.91. The van der Waals surface area contributed by atoms with Crippen LogP contribution in [0.15, 0.2) is 48.7 Å². The van der Waals surface area contributed by atoms with Gasteiger partial charge in [0.15, 0.2) is 0 Å². The Morgan fingerprint density at radius 1 is 1.17 bits per heavy atom. The number of rotatable bonds is 7. The molecule has 0 saturated carbocycles. The topological polar surface area (TPSA) is 50.4 Å². The van der Waals surface area contributed by atoms with Crippen LogP contribution in [0.2, 0.25) is 5.02 Å². The van der Waals surface area contributed by atoms with E-state index in [9.17, 15) is 5.26 Å². The molecule has 0 bridgehead atoms. The van der Waals surface area contributed by atoms with Crippen LogP contribution in [-0.2, 0) is 6.54 Å². The summed E-state index contributed by atoms with van der Waals surface area (Å²) in [7, 11) is 1.67. The van der Waals surface area contributed by atoms with Gasteiger partial charge < -0.3 is 14.0 Å². The highest BCUT2D eigenvalue weighted by Gasteiger charge is 2.21. The van der Waals surface area contributed by atoms with Gasteiger partial charge in [-0.3, -0.25) is 4.90 Å². The summed E-state index contributed by atoms with van der Waals surface area (Å²) in [6.45, 7) is 3.87. The van der Waals surface area contributed by atoms with Gasteiger partial charge in [0.1, 0.15) is 23.7 Å². The SMILES string of the molecule is COc1cccc2c(C#N)cn(CCCN3CCCC(Oc4ccc(Cl)cc4)C3)c12. The molecule has 1 atom stereocenters. The Balaban J connectivity index is 1.36. The van der Waals surface area contributed by atoms with Crippen molar-refractivity contribution in [2.45, 2.75) is 31.9 Å². The number of hydrogen-bond donors (Lipinski definition) is 0. The molecule has 0 aliphatic carbocycles. The molecule has 4 rings (SSSR count). The van der Waals surface area contributed by atoms with Crippen molar-refractivity contribution in [3.8, 4) is 17.6 Å². The van der Waals surface area contributed by atoms with E-state index in [0.29, 0.717) is 5.56 Å². The number of halogens is 1. The summed E-state index contributed by atoms with van der Waals surface area (Å²) in [4.78, 5) is 2.47. The Morgan fingerprint density at radius 2 is 2.00 bits per heavy atom. The molecule has 1 fully saturated rings. The molecule has 3 aromatic rings.